The number of rotatable bonds is 11. The van der Waals surface area contributed by atoms with E-state index in [1.807, 2.05) is 13.8 Å². The molecule has 0 heterocycles. The first-order valence-electron chi connectivity index (χ1n) is 7.16. The highest BCUT2D eigenvalue weighted by molar-refractivity contribution is 5.72. The van der Waals surface area contributed by atoms with Gasteiger partial charge in [0.1, 0.15) is 0 Å². The number of alkyl halides is 4. The molecule has 0 aromatic rings. The molecule has 4 nitrogen and oxygen atoms in total. The van der Waals surface area contributed by atoms with Crippen LogP contribution in [0.4, 0.5) is 17.6 Å². The average molecular weight is 330 g/mol. The molecule has 130 valence electrons. The predicted molar refractivity (Wildman–Crippen MR) is 70.8 cm³/mol. The molecule has 1 atom stereocenters. The van der Waals surface area contributed by atoms with Gasteiger partial charge in [0.2, 0.25) is 0 Å². The molecule has 0 aromatic carbocycles. The molecule has 0 fully saturated rings. The lowest BCUT2D eigenvalue weighted by Gasteiger charge is -2.15. The van der Waals surface area contributed by atoms with Gasteiger partial charge in [-0.3, -0.25) is 9.59 Å². The molecular formula is C14H22F4O4. The van der Waals surface area contributed by atoms with Gasteiger partial charge in [0, 0.05) is 12.8 Å². The predicted octanol–water partition coefficient (Wildman–Crippen LogP) is 3.58. The highest BCUT2D eigenvalue weighted by atomic mass is 19.3. The Morgan fingerprint density at radius 1 is 1.09 bits per heavy atom. The van der Waals surface area contributed by atoms with Crippen LogP contribution < -0.4 is 0 Å². The molecule has 0 aromatic heterocycles. The van der Waals surface area contributed by atoms with E-state index in [-0.39, 0.29) is 31.8 Å². The zero-order chi connectivity index (χ0) is 17.2. The molecule has 0 amide bonds. The van der Waals surface area contributed by atoms with Crippen LogP contribution in [0.1, 0.15) is 46.0 Å². The van der Waals surface area contributed by atoms with E-state index in [2.05, 4.69) is 4.74 Å². The minimum Gasteiger partial charge on any atom is -0.465 e. The number of ether oxygens (including phenoxy) is 2. The van der Waals surface area contributed by atoms with Crippen molar-refractivity contribution < 1.29 is 36.6 Å². The van der Waals surface area contributed by atoms with Gasteiger partial charge in [-0.1, -0.05) is 20.3 Å². The summed E-state index contributed by atoms with van der Waals surface area (Å²) >= 11 is 0. The molecule has 0 bridgehead atoms. The van der Waals surface area contributed by atoms with Crippen molar-refractivity contribution in [2.24, 2.45) is 5.92 Å². The third-order valence-corrected chi connectivity index (χ3v) is 2.82. The highest BCUT2D eigenvalue weighted by Crippen LogP contribution is 2.23. The molecule has 0 aliphatic rings. The van der Waals surface area contributed by atoms with Gasteiger partial charge < -0.3 is 9.47 Å². The first-order chi connectivity index (χ1) is 10.2. The quantitative estimate of drug-likeness (QED) is 0.429. The maximum atomic E-state index is 12.5. The van der Waals surface area contributed by atoms with Crippen LogP contribution in [-0.4, -0.2) is 37.5 Å². The summed E-state index contributed by atoms with van der Waals surface area (Å²) in [6.45, 7) is 2.58. The molecular weight excluding hydrogens is 308 g/mol. The van der Waals surface area contributed by atoms with Crippen molar-refractivity contribution >= 4 is 11.9 Å². The van der Waals surface area contributed by atoms with E-state index in [1.165, 1.54) is 0 Å². The first kappa shape index (κ1) is 20.7. The van der Waals surface area contributed by atoms with Crippen LogP contribution in [0, 0.1) is 5.92 Å². The Morgan fingerprint density at radius 3 is 2.14 bits per heavy atom. The zero-order valence-electron chi connectivity index (χ0n) is 12.7. The van der Waals surface area contributed by atoms with E-state index in [9.17, 15) is 27.2 Å². The number of hydrogen-bond acceptors (Lipinski definition) is 4. The summed E-state index contributed by atoms with van der Waals surface area (Å²) in [4.78, 5) is 22.4. The van der Waals surface area contributed by atoms with Gasteiger partial charge in [-0.05, 0) is 18.8 Å². The van der Waals surface area contributed by atoms with Crippen LogP contribution in [-0.2, 0) is 19.1 Å². The Labute approximate surface area is 127 Å². The molecule has 1 unspecified atom stereocenters. The van der Waals surface area contributed by atoms with E-state index in [0.717, 1.165) is 12.8 Å². The van der Waals surface area contributed by atoms with Crippen molar-refractivity contribution in [3.8, 4) is 0 Å². The molecule has 8 heteroatoms. The second-order valence-corrected chi connectivity index (χ2v) is 5.15. The summed E-state index contributed by atoms with van der Waals surface area (Å²) in [5, 5.41) is 0. The summed E-state index contributed by atoms with van der Waals surface area (Å²) in [5.41, 5.74) is 0. The number of carbonyl (C=O) groups is 2. The lowest BCUT2D eigenvalue weighted by atomic mass is 10.1. The third kappa shape index (κ3) is 9.57. The maximum Gasteiger partial charge on any atom is 0.340 e. The van der Waals surface area contributed by atoms with Crippen molar-refractivity contribution in [1.82, 2.24) is 0 Å². The molecule has 0 aliphatic carbocycles. The van der Waals surface area contributed by atoms with Gasteiger partial charge in [0.25, 0.3) is 0 Å². The van der Waals surface area contributed by atoms with Crippen molar-refractivity contribution in [1.29, 1.82) is 0 Å². The Bertz CT molecular complexity index is 348. The van der Waals surface area contributed by atoms with Gasteiger partial charge in [-0.15, -0.1) is 0 Å². The Kier molecular flexibility index (Phi) is 9.76. The van der Waals surface area contributed by atoms with Gasteiger partial charge in [0.05, 0.1) is 6.61 Å². The maximum absolute atomic E-state index is 12.5. The number of halogens is 4. The molecule has 0 aliphatic heterocycles. The standard InChI is InChI=1S/C14H22F4O4/c1-3-5-10(2)8-21-11(19)6-4-7-12(20)22-9-14(17,18)13(15)16/h10,13H,3-9H2,1-2H3. The summed E-state index contributed by atoms with van der Waals surface area (Å²) in [6.07, 6.45) is -2.29. The van der Waals surface area contributed by atoms with E-state index >= 15 is 0 Å². The second-order valence-electron chi connectivity index (χ2n) is 5.15. The van der Waals surface area contributed by atoms with Crippen molar-refractivity contribution in [3.63, 3.8) is 0 Å². The number of carbonyl (C=O) groups excluding carboxylic acids is 2. The summed E-state index contributed by atoms with van der Waals surface area (Å²) in [5.74, 6) is -5.65. The van der Waals surface area contributed by atoms with Gasteiger partial charge >= 0.3 is 24.3 Å². The number of hydrogen-bond donors (Lipinski definition) is 0. The Balaban J connectivity index is 3.78. The van der Waals surface area contributed by atoms with Crippen LogP contribution in [0.15, 0.2) is 0 Å². The van der Waals surface area contributed by atoms with Crippen LogP contribution in [0.25, 0.3) is 0 Å². The minimum atomic E-state index is -4.36. The Hall–Kier alpha value is -1.34. The molecule has 0 rings (SSSR count). The smallest absolute Gasteiger partial charge is 0.340 e. The van der Waals surface area contributed by atoms with E-state index in [0.29, 0.717) is 0 Å². The third-order valence-electron chi connectivity index (χ3n) is 2.82. The SMILES string of the molecule is CCCC(C)COC(=O)CCCC(=O)OCC(F)(F)C(F)F. The molecule has 0 saturated heterocycles. The van der Waals surface area contributed by atoms with E-state index in [4.69, 9.17) is 4.74 Å². The summed E-state index contributed by atoms with van der Waals surface area (Å²) < 4.78 is 57.7. The van der Waals surface area contributed by atoms with Crippen LogP contribution in [0.3, 0.4) is 0 Å². The van der Waals surface area contributed by atoms with E-state index < -0.39 is 30.9 Å². The van der Waals surface area contributed by atoms with Gasteiger partial charge in [-0.25, -0.2) is 8.78 Å². The van der Waals surface area contributed by atoms with Crippen molar-refractivity contribution in [2.75, 3.05) is 13.2 Å². The van der Waals surface area contributed by atoms with Crippen LogP contribution in [0.2, 0.25) is 0 Å². The molecule has 0 N–H and O–H groups in total. The fourth-order valence-electron chi connectivity index (χ4n) is 1.57. The average Bonchev–Trinajstić information content (AvgIpc) is 2.43. The lowest BCUT2D eigenvalue weighted by Crippen LogP contribution is -2.33. The molecule has 0 radical (unpaired) electrons. The van der Waals surface area contributed by atoms with Crippen molar-refractivity contribution in [2.45, 2.75) is 58.3 Å². The topological polar surface area (TPSA) is 52.6 Å². The summed E-state index contributed by atoms with van der Waals surface area (Å²) in [7, 11) is 0. The summed E-state index contributed by atoms with van der Waals surface area (Å²) in [6, 6.07) is 0. The van der Waals surface area contributed by atoms with Crippen molar-refractivity contribution in [3.05, 3.63) is 0 Å². The number of esters is 2. The van der Waals surface area contributed by atoms with Crippen LogP contribution in [0.5, 0.6) is 0 Å². The monoisotopic (exact) mass is 330 g/mol. The largest absolute Gasteiger partial charge is 0.465 e. The molecule has 0 spiro atoms. The van der Waals surface area contributed by atoms with Gasteiger partial charge in [0.15, 0.2) is 6.61 Å². The van der Waals surface area contributed by atoms with Gasteiger partial charge in [-0.2, -0.15) is 8.78 Å². The molecule has 0 saturated carbocycles. The lowest BCUT2D eigenvalue weighted by molar-refractivity contribution is -0.179. The minimum absolute atomic E-state index is 0.0556. The van der Waals surface area contributed by atoms with Crippen LogP contribution >= 0.6 is 0 Å². The highest BCUT2D eigenvalue weighted by Gasteiger charge is 2.42. The van der Waals surface area contributed by atoms with E-state index in [1.54, 1.807) is 0 Å². The molecule has 22 heavy (non-hydrogen) atoms. The Morgan fingerprint density at radius 2 is 1.64 bits per heavy atom. The first-order valence-corrected chi connectivity index (χ1v) is 7.16. The fourth-order valence-corrected chi connectivity index (χ4v) is 1.57. The second kappa shape index (κ2) is 10.4. The zero-order valence-corrected chi connectivity index (χ0v) is 12.7. The fraction of sp³-hybridized carbons (Fsp3) is 0.857. The normalized spacial score (nSPS) is 13.0.